The van der Waals surface area contributed by atoms with Gasteiger partial charge in [-0.15, -0.1) is 0 Å². The standard InChI is InChI=1S/C16H21NO3/c17-13-4-1-3-11(9-13)16(18)12-5-6-14-15(10-12)20-8-2-7-19-14/h5-6,10-11,13H,1-4,7-9,17H2. The van der Waals surface area contributed by atoms with Gasteiger partial charge in [0.05, 0.1) is 13.2 Å². The molecule has 1 aliphatic heterocycles. The SMILES string of the molecule is NC1CCCC(C(=O)c2ccc3c(c2)OCCCO3)C1. The van der Waals surface area contributed by atoms with Crippen LogP contribution >= 0.6 is 0 Å². The molecule has 2 unspecified atom stereocenters. The van der Waals surface area contributed by atoms with E-state index < -0.39 is 0 Å². The molecule has 2 N–H and O–H groups in total. The van der Waals surface area contributed by atoms with E-state index in [1.165, 1.54) is 0 Å². The summed E-state index contributed by atoms with van der Waals surface area (Å²) in [4.78, 5) is 12.6. The summed E-state index contributed by atoms with van der Waals surface area (Å²) in [5.41, 5.74) is 6.69. The number of hydrogen-bond acceptors (Lipinski definition) is 4. The van der Waals surface area contributed by atoms with E-state index in [4.69, 9.17) is 15.2 Å². The maximum absolute atomic E-state index is 12.6. The number of carbonyl (C=O) groups excluding carboxylic acids is 1. The molecule has 2 atom stereocenters. The number of carbonyl (C=O) groups is 1. The van der Waals surface area contributed by atoms with Crippen molar-refractivity contribution in [3.05, 3.63) is 23.8 Å². The van der Waals surface area contributed by atoms with Gasteiger partial charge in [0, 0.05) is 23.9 Å². The van der Waals surface area contributed by atoms with E-state index in [0.29, 0.717) is 24.5 Å². The lowest BCUT2D eigenvalue weighted by Crippen LogP contribution is -2.31. The van der Waals surface area contributed by atoms with Crippen molar-refractivity contribution in [1.29, 1.82) is 0 Å². The molecule has 1 saturated carbocycles. The van der Waals surface area contributed by atoms with Gasteiger partial charge < -0.3 is 15.2 Å². The predicted octanol–water partition coefficient (Wildman–Crippen LogP) is 2.55. The van der Waals surface area contributed by atoms with E-state index in [-0.39, 0.29) is 17.7 Å². The Morgan fingerprint density at radius 3 is 2.70 bits per heavy atom. The molecule has 0 spiro atoms. The van der Waals surface area contributed by atoms with Crippen molar-refractivity contribution >= 4 is 5.78 Å². The van der Waals surface area contributed by atoms with Gasteiger partial charge in [-0.25, -0.2) is 0 Å². The predicted molar refractivity (Wildman–Crippen MR) is 76.3 cm³/mol. The molecular formula is C16H21NO3. The second kappa shape index (κ2) is 5.83. The van der Waals surface area contributed by atoms with Crippen LogP contribution in [-0.4, -0.2) is 25.0 Å². The normalized spacial score (nSPS) is 25.9. The molecule has 4 heteroatoms. The third-order valence-electron chi connectivity index (χ3n) is 4.12. The van der Waals surface area contributed by atoms with Gasteiger partial charge in [0.15, 0.2) is 17.3 Å². The van der Waals surface area contributed by atoms with Crippen LogP contribution in [0.3, 0.4) is 0 Å². The summed E-state index contributed by atoms with van der Waals surface area (Å²) >= 11 is 0. The van der Waals surface area contributed by atoms with Crippen molar-refractivity contribution in [2.45, 2.75) is 38.1 Å². The van der Waals surface area contributed by atoms with Crippen LogP contribution in [-0.2, 0) is 0 Å². The van der Waals surface area contributed by atoms with Crippen LogP contribution in [0.4, 0.5) is 0 Å². The van der Waals surface area contributed by atoms with Crippen LogP contribution < -0.4 is 15.2 Å². The zero-order valence-electron chi connectivity index (χ0n) is 11.6. The highest BCUT2D eigenvalue weighted by Crippen LogP contribution is 2.33. The molecule has 1 fully saturated rings. The van der Waals surface area contributed by atoms with E-state index in [9.17, 15) is 4.79 Å². The number of ether oxygens (including phenoxy) is 2. The summed E-state index contributed by atoms with van der Waals surface area (Å²) in [6.45, 7) is 1.30. The summed E-state index contributed by atoms with van der Waals surface area (Å²) < 4.78 is 11.2. The first kappa shape index (κ1) is 13.4. The minimum absolute atomic E-state index is 0.0588. The first-order valence-corrected chi connectivity index (χ1v) is 7.43. The van der Waals surface area contributed by atoms with Gasteiger partial charge >= 0.3 is 0 Å². The highest BCUT2D eigenvalue weighted by Gasteiger charge is 2.27. The Bertz CT molecular complexity index is 500. The molecule has 2 aliphatic rings. The Kier molecular flexibility index (Phi) is 3.92. The number of hydrogen-bond donors (Lipinski definition) is 1. The van der Waals surface area contributed by atoms with Crippen molar-refractivity contribution in [2.24, 2.45) is 11.7 Å². The monoisotopic (exact) mass is 275 g/mol. The highest BCUT2D eigenvalue weighted by molar-refractivity contribution is 5.98. The first-order valence-electron chi connectivity index (χ1n) is 7.43. The molecule has 0 aromatic heterocycles. The minimum atomic E-state index is 0.0588. The molecule has 1 heterocycles. The lowest BCUT2D eigenvalue weighted by atomic mass is 9.81. The Balaban J connectivity index is 1.79. The van der Waals surface area contributed by atoms with Gasteiger partial charge in [-0.05, 0) is 37.5 Å². The molecule has 108 valence electrons. The van der Waals surface area contributed by atoms with Crippen LogP contribution in [0.15, 0.2) is 18.2 Å². The Hall–Kier alpha value is -1.55. The largest absolute Gasteiger partial charge is 0.490 e. The molecule has 0 saturated heterocycles. The minimum Gasteiger partial charge on any atom is -0.490 e. The Labute approximate surface area is 119 Å². The molecule has 1 aliphatic carbocycles. The van der Waals surface area contributed by atoms with Crippen molar-refractivity contribution in [3.63, 3.8) is 0 Å². The molecule has 1 aromatic carbocycles. The van der Waals surface area contributed by atoms with E-state index in [0.717, 1.165) is 37.9 Å². The van der Waals surface area contributed by atoms with Crippen molar-refractivity contribution in [3.8, 4) is 11.5 Å². The Morgan fingerprint density at radius 2 is 1.90 bits per heavy atom. The third kappa shape index (κ3) is 2.80. The fourth-order valence-corrected chi connectivity index (χ4v) is 3.02. The lowest BCUT2D eigenvalue weighted by Gasteiger charge is -2.25. The second-order valence-electron chi connectivity index (χ2n) is 5.70. The zero-order chi connectivity index (χ0) is 13.9. The quantitative estimate of drug-likeness (QED) is 0.843. The maximum Gasteiger partial charge on any atom is 0.166 e. The molecule has 0 radical (unpaired) electrons. The van der Waals surface area contributed by atoms with E-state index in [2.05, 4.69) is 0 Å². The molecule has 0 bridgehead atoms. The second-order valence-corrected chi connectivity index (χ2v) is 5.70. The number of Topliss-reactive ketones (excluding diaryl/α,β-unsaturated/α-hetero) is 1. The van der Waals surface area contributed by atoms with Crippen LogP contribution in [0.2, 0.25) is 0 Å². The summed E-state index contributed by atoms with van der Waals surface area (Å²) in [5, 5.41) is 0. The number of benzene rings is 1. The summed E-state index contributed by atoms with van der Waals surface area (Å²) in [7, 11) is 0. The molecule has 0 amide bonds. The molecular weight excluding hydrogens is 254 g/mol. The van der Waals surface area contributed by atoms with E-state index in [1.807, 2.05) is 18.2 Å². The van der Waals surface area contributed by atoms with Gasteiger partial charge in [-0.2, -0.15) is 0 Å². The molecule has 20 heavy (non-hydrogen) atoms. The van der Waals surface area contributed by atoms with Crippen LogP contribution in [0.25, 0.3) is 0 Å². The molecule has 3 rings (SSSR count). The van der Waals surface area contributed by atoms with Crippen LogP contribution in [0, 0.1) is 5.92 Å². The van der Waals surface area contributed by atoms with Crippen molar-refractivity contribution in [1.82, 2.24) is 0 Å². The van der Waals surface area contributed by atoms with Crippen molar-refractivity contribution in [2.75, 3.05) is 13.2 Å². The van der Waals surface area contributed by atoms with Gasteiger partial charge in [-0.1, -0.05) is 6.42 Å². The maximum atomic E-state index is 12.6. The highest BCUT2D eigenvalue weighted by atomic mass is 16.5. The fourth-order valence-electron chi connectivity index (χ4n) is 3.02. The number of fused-ring (bicyclic) bond motifs is 1. The van der Waals surface area contributed by atoms with Gasteiger partial charge in [-0.3, -0.25) is 4.79 Å². The summed E-state index contributed by atoms with van der Waals surface area (Å²) in [6, 6.07) is 5.67. The molecule has 1 aromatic rings. The molecule has 4 nitrogen and oxygen atoms in total. The number of nitrogens with two attached hydrogens (primary N) is 1. The van der Waals surface area contributed by atoms with Crippen LogP contribution in [0.1, 0.15) is 42.5 Å². The summed E-state index contributed by atoms with van der Waals surface area (Å²) in [6.07, 6.45) is 4.69. The third-order valence-corrected chi connectivity index (χ3v) is 4.12. The zero-order valence-corrected chi connectivity index (χ0v) is 11.6. The number of ketones is 1. The van der Waals surface area contributed by atoms with Gasteiger partial charge in [0.25, 0.3) is 0 Å². The fraction of sp³-hybridized carbons (Fsp3) is 0.562. The van der Waals surface area contributed by atoms with E-state index in [1.54, 1.807) is 0 Å². The lowest BCUT2D eigenvalue weighted by molar-refractivity contribution is 0.0881. The Morgan fingerprint density at radius 1 is 1.10 bits per heavy atom. The first-order chi connectivity index (χ1) is 9.74. The topological polar surface area (TPSA) is 61.6 Å². The van der Waals surface area contributed by atoms with E-state index >= 15 is 0 Å². The smallest absolute Gasteiger partial charge is 0.166 e. The van der Waals surface area contributed by atoms with Gasteiger partial charge in [0.2, 0.25) is 0 Å². The van der Waals surface area contributed by atoms with Gasteiger partial charge in [0.1, 0.15) is 0 Å². The van der Waals surface area contributed by atoms with Crippen LogP contribution in [0.5, 0.6) is 11.5 Å². The average Bonchev–Trinajstić information content (AvgIpc) is 2.71. The number of rotatable bonds is 2. The van der Waals surface area contributed by atoms with Crippen molar-refractivity contribution < 1.29 is 14.3 Å². The summed E-state index contributed by atoms with van der Waals surface area (Å²) in [5.74, 6) is 1.67. The average molecular weight is 275 g/mol.